The van der Waals surface area contributed by atoms with Gasteiger partial charge in [0.15, 0.2) is 0 Å². The van der Waals surface area contributed by atoms with Crippen molar-refractivity contribution in [2.45, 2.75) is 11.2 Å². The second-order valence-electron chi connectivity index (χ2n) is 6.99. The zero-order valence-electron chi connectivity index (χ0n) is 15.1. The third-order valence-corrected chi connectivity index (χ3v) is 6.67. The highest BCUT2D eigenvalue weighted by Crippen LogP contribution is 2.50. The third kappa shape index (κ3) is 2.57. The number of thioether (sulfide) groups is 1. The van der Waals surface area contributed by atoms with Gasteiger partial charge in [-0.2, -0.15) is 5.26 Å². The van der Waals surface area contributed by atoms with Crippen LogP contribution in [0.1, 0.15) is 11.7 Å². The van der Waals surface area contributed by atoms with E-state index in [1.807, 2.05) is 36.4 Å². The van der Waals surface area contributed by atoms with Crippen LogP contribution in [0, 0.1) is 17.2 Å². The van der Waals surface area contributed by atoms with Gasteiger partial charge < -0.3 is 10.2 Å². The largest absolute Gasteiger partial charge is 0.469 e. The van der Waals surface area contributed by atoms with Crippen molar-refractivity contribution in [2.75, 3.05) is 4.90 Å². The van der Waals surface area contributed by atoms with E-state index in [1.165, 1.54) is 11.2 Å². The average Bonchev–Trinajstić information content (AvgIpc) is 3.34. The van der Waals surface area contributed by atoms with E-state index in [-0.39, 0.29) is 22.4 Å². The van der Waals surface area contributed by atoms with Crippen LogP contribution in [-0.4, -0.2) is 17.1 Å². The lowest BCUT2D eigenvalue weighted by atomic mass is 9.82. The highest BCUT2D eigenvalue weighted by molar-refractivity contribution is 8.04. The number of hydrogen-bond acceptors (Lipinski definition) is 6. The van der Waals surface area contributed by atoms with Gasteiger partial charge in [-0.15, -0.1) is 0 Å². The van der Waals surface area contributed by atoms with E-state index in [1.54, 1.807) is 18.2 Å². The van der Waals surface area contributed by atoms with Crippen LogP contribution in [0.3, 0.4) is 0 Å². The van der Waals surface area contributed by atoms with Gasteiger partial charge in [-0.25, -0.2) is 4.90 Å². The van der Waals surface area contributed by atoms with Gasteiger partial charge >= 0.3 is 0 Å². The third-order valence-electron chi connectivity index (χ3n) is 5.45. The number of carbonyl (C=O) groups is 2. The molecule has 0 bridgehead atoms. The summed E-state index contributed by atoms with van der Waals surface area (Å²) in [6.45, 7) is 0. The van der Waals surface area contributed by atoms with Gasteiger partial charge in [0.2, 0.25) is 11.8 Å². The molecule has 0 aliphatic carbocycles. The minimum Gasteiger partial charge on any atom is -0.469 e. The van der Waals surface area contributed by atoms with E-state index in [2.05, 4.69) is 6.07 Å². The molecule has 5 rings (SSSR count). The molecular weight excluding hydrogens is 386 g/mol. The van der Waals surface area contributed by atoms with Crippen molar-refractivity contribution in [1.82, 2.24) is 0 Å². The van der Waals surface area contributed by atoms with Gasteiger partial charge in [0.05, 0.1) is 40.5 Å². The first-order chi connectivity index (χ1) is 14.1. The van der Waals surface area contributed by atoms with Crippen LogP contribution in [0.25, 0.3) is 10.8 Å². The molecule has 29 heavy (non-hydrogen) atoms. The molecule has 2 N–H and O–H groups in total. The predicted octanol–water partition coefficient (Wildman–Crippen LogP) is 3.52. The molecule has 6 nitrogen and oxygen atoms in total. The summed E-state index contributed by atoms with van der Waals surface area (Å²) in [5.74, 6) is -1.63. The number of nitrogens with zero attached hydrogens (tertiary/aromatic N) is 2. The first-order valence-electron chi connectivity index (χ1n) is 9.06. The molecule has 3 aromatic rings. The Morgan fingerprint density at radius 2 is 1.83 bits per heavy atom. The summed E-state index contributed by atoms with van der Waals surface area (Å²) < 4.78 is 5.51. The molecule has 0 radical (unpaired) electrons. The van der Waals surface area contributed by atoms with Crippen molar-refractivity contribution in [3.05, 3.63) is 77.2 Å². The van der Waals surface area contributed by atoms with Crippen LogP contribution in [0.2, 0.25) is 0 Å². The van der Waals surface area contributed by atoms with Crippen molar-refractivity contribution in [3.8, 4) is 6.07 Å². The van der Waals surface area contributed by atoms with Gasteiger partial charge in [-0.1, -0.05) is 42.1 Å². The number of imide groups is 1. The topological polar surface area (TPSA) is 100 Å². The number of allylic oxidation sites excluding steroid dienone is 1. The van der Waals surface area contributed by atoms with E-state index in [4.69, 9.17) is 10.2 Å². The zero-order valence-corrected chi connectivity index (χ0v) is 15.9. The number of nitriles is 1. The van der Waals surface area contributed by atoms with Crippen molar-refractivity contribution < 1.29 is 14.0 Å². The van der Waals surface area contributed by atoms with Crippen LogP contribution in [0.4, 0.5) is 5.69 Å². The minimum absolute atomic E-state index is 0.261. The minimum atomic E-state index is -0.743. The molecule has 2 aliphatic heterocycles. The Hall–Kier alpha value is -3.50. The summed E-state index contributed by atoms with van der Waals surface area (Å²) in [5, 5.41) is 11.2. The summed E-state index contributed by atoms with van der Waals surface area (Å²) in [7, 11) is 0. The normalized spacial score (nSPS) is 24.1. The Kier molecular flexibility index (Phi) is 3.96. The number of furan rings is 1. The van der Waals surface area contributed by atoms with Crippen molar-refractivity contribution in [3.63, 3.8) is 0 Å². The maximum atomic E-state index is 13.4. The molecule has 2 amide bonds. The predicted molar refractivity (Wildman–Crippen MR) is 110 cm³/mol. The monoisotopic (exact) mass is 401 g/mol. The molecule has 3 heterocycles. The first-order valence-corrected chi connectivity index (χ1v) is 9.94. The molecule has 3 atom stereocenters. The number of carbonyl (C=O) groups excluding carboxylic acids is 2. The van der Waals surface area contributed by atoms with E-state index >= 15 is 0 Å². The fourth-order valence-electron chi connectivity index (χ4n) is 4.12. The molecule has 2 aromatic carbocycles. The fourth-order valence-corrected chi connectivity index (χ4v) is 5.32. The summed E-state index contributed by atoms with van der Waals surface area (Å²) >= 11 is 1.09. The molecule has 1 aromatic heterocycles. The summed E-state index contributed by atoms with van der Waals surface area (Å²) in [6.07, 6.45) is 1.49. The average molecular weight is 401 g/mol. The van der Waals surface area contributed by atoms with Gasteiger partial charge in [-0.05, 0) is 35.0 Å². The molecule has 1 saturated heterocycles. The second-order valence-corrected chi connectivity index (χ2v) is 8.17. The van der Waals surface area contributed by atoms with Crippen LogP contribution < -0.4 is 10.6 Å². The standard InChI is InChI=1S/C22H15N3O3S/c23-11-15-17(16-6-3-9-28-16)18-19(29-20(15)24)22(27)25(21(18)26)14-8-7-12-4-1-2-5-13(12)10-14/h1-10,17-19H,24H2/t17-,18+,19+/m1/s1. The number of benzene rings is 2. The zero-order chi connectivity index (χ0) is 20.1. The molecule has 0 saturated carbocycles. The lowest BCUT2D eigenvalue weighted by Gasteiger charge is -2.28. The lowest BCUT2D eigenvalue weighted by Crippen LogP contribution is -2.33. The summed E-state index contributed by atoms with van der Waals surface area (Å²) in [6, 6.07) is 18.7. The Morgan fingerprint density at radius 1 is 1.03 bits per heavy atom. The highest BCUT2D eigenvalue weighted by Gasteiger charge is 2.56. The van der Waals surface area contributed by atoms with Crippen molar-refractivity contribution in [1.29, 1.82) is 5.26 Å². The fraction of sp³-hybridized carbons (Fsp3) is 0.136. The summed E-state index contributed by atoms with van der Waals surface area (Å²) in [5.41, 5.74) is 6.89. The Morgan fingerprint density at radius 3 is 2.55 bits per heavy atom. The van der Waals surface area contributed by atoms with Gasteiger partial charge in [0, 0.05) is 0 Å². The molecule has 0 unspecified atom stereocenters. The first kappa shape index (κ1) is 17.6. The smallest absolute Gasteiger partial charge is 0.248 e. The Bertz CT molecular complexity index is 1230. The lowest BCUT2D eigenvalue weighted by molar-refractivity contribution is -0.122. The molecule has 1 fully saturated rings. The van der Waals surface area contributed by atoms with Gasteiger partial charge in [0.1, 0.15) is 11.0 Å². The number of anilines is 1. The summed E-state index contributed by atoms with van der Waals surface area (Å²) in [4.78, 5) is 27.9. The van der Waals surface area contributed by atoms with Crippen LogP contribution in [0.5, 0.6) is 0 Å². The molecule has 0 spiro atoms. The maximum absolute atomic E-state index is 13.4. The number of nitrogens with two attached hydrogens (primary N) is 1. The van der Waals surface area contributed by atoms with Gasteiger partial charge in [-0.3, -0.25) is 9.59 Å². The van der Waals surface area contributed by atoms with E-state index in [0.29, 0.717) is 11.4 Å². The maximum Gasteiger partial charge on any atom is 0.248 e. The molecule has 7 heteroatoms. The van der Waals surface area contributed by atoms with Crippen LogP contribution in [0.15, 0.2) is 75.9 Å². The molecular formula is C22H15N3O3S. The van der Waals surface area contributed by atoms with E-state index in [9.17, 15) is 14.9 Å². The highest BCUT2D eigenvalue weighted by atomic mass is 32.2. The van der Waals surface area contributed by atoms with Crippen molar-refractivity contribution in [2.24, 2.45) is 11.7 Å². The molecule has 2 aliphatic rings. The number of amides is 2. The molecule has 142 valence electrons. The number of rotatable bonds is 2. The Balaban J connectivity index is 1.62. The Labute approximate surface area is 170 Å². The number of fused-ring (bicyclic) bond motifs is 2. The van der Waals surface area contributed by atoms with Gasteiger partial charge in [0.25, 0.3) is 0 Å². The quantitative estimate of drug-likeness (QED) is 0.660. The number of hydrogen-bond donors (Lipinski definition) is 1. The van der Waals surface area contributed by atoms with Crippen molar-refractivity contribution >= 4 is 40.0 Å². The van der Waals surface area contributed by atoms with E-state index < -0.39 is 17.1 Å². The van der Waals surface area contributed by atoms with Crippen LogP contribution in [-0.2, 0) is 9.59 Å². The second kappa shape index (κ2) is 6.54. The SMILES string of the molecule is N#CC1=C(N)S[C@@H]2C(=O)N(c3ccc4ccccc4c3)C(=O)[C@H]2[C@H]1c1ccco1. The van der Waals surface area contributed by atoms with E-state index in [0.717, 1.165) is 22.5 Å². The van der Waals surface area contributed by atoms with Crippen LogP contribution >= 0.6 is 11.8 Å².